The Morgan fingerprint density at radius 2 is 1.62 bits per heavy atom. The molecule has 5 N–H and O–H groups in total. The molecule has 4 atom stereocenters. The van der Waals surface area contributed by atoms with Crippen LogP contribution in [0.4, 0.5) is 41.2 Å². The van der Waals surface area contributed by atoms with Crippen LogP contribution < -0.4 is 45.1 Å². The van der Waals surface area contributed by atoms with E-state index in [0.717, 1.165) is 22.4 Å². The van der Waals surface area contributed by atoms with Gasteiger partial charge in [0.1, 0.15) is 23.4 Å². The Hall–Kier alpha value is -8.28. The Morgan fingerprint density at radius 3 is 2.30 bits per heavy atom. The highest BCUT2D eigenvalue weighted by Crippen LogP contribution is 2.48. The number of aliphatic hydroxyl groups is 1. The summed E-state index contributed by atoms with van der Waals surface area (Å²) in [6, 6.07) is 13.9. The topological polar surface area (TPSA) is 291 Å². The van der Waals surface area contributed by atoms with Crippen molar-refractivity contribution in [3.8, 4) is 33.7 Å². The van der Waals surface area contributed by atoms with E-state index in [9.17, 15) is 45.9 Å². The fraction of sp³-hybridized carbons (Fsp3) is 0.476. The number of anilines is 4. The quantitative estimate of drug-likeness (QED) is 0.0373. The Kier molecular flexibility index (Phi) is 19.9. The third kappa shape index (κ3) is 16.6. The van der Waals surface area contributed by atoms with Crippen LogP contribution in [-0.2, 0) is 35.5 Å². The third-order valence-electron chi connectivity index (χ3n) is 15.8. The number of β-amino-alcohol motifs (C(OH)–C–C–N with tert-alkyl or cyclic N) is 1. The molecule has 2 saturated heterocycles. The molecule has 1 aliphatic carbocycles. The van der Waals surface area contributed by atoms with Crippen molar-refractivity contribution in [2.75, 3.05) is 67.7 Å². The van der Waals surface area contributed by atoms with Crippen molar-refractivity contribution in [1.29, 1.82) is 0 Å². The lowest BCUT2D eigenvalue weighted by Crippen LogP contribution is -2.59. The predicted octanol–water partition coefficient (Wildman–Crippen LogP) is 9.32. The number of pyridine rings is 1. The number of aromatic nitrogens is 5. The minimum atomic E-state index is -3.97. The van der Waals surface area contributed by atoms with Gasteiger partial charge in [-0.15, -0.1) is 20.1 Å². The molecule has 24 nitrogen and oxygen atoms in total. The summed E-state index contributed by atoms with van der Waals surface area (Å²) in [7, 11) is -3.84. The molecule has 3 fully saturated rings. The molecule has 3 aliphatic heterocycles. The maximum atomic E-state index is 14.8. The van der Waals surface area contributed by atoms with E-state index in [1.54, 1.807) is 64.1 Å². The normalized spacial score (nSPS) is 18.1. The average Bonchev–Trinajstić information content (AvgIpc) is 1.72. The number of benzene rings is 3. The monoisotopic (exact) mass is 1350 g/mol. The number of piperazine rings is 1. The zero-order valence-corrected chi connectivity index (χ0v) is 54.9. The first kappa shape index (κ1) is 67.6. The van der Waals surface area contributed by atoms with E-state index in [2.05, 4.69) is 41.2 Å². The number of aryl methyl sites for hydroxylation is 1. The summed E-state index contributed by atoms with van der Waals surface area (Å²) in [5.41, 5.74) is 1.17. The van der Waals surface area contributed by atoms with Crippen molar-refractivity contribution in [2.24, 2.45) is 5.41 Å². The number of amides is 4. The summed E-state index contributed by atoms with van der Waals surface area (Å²) in [5, 5.41) is 22.9. The van der Waals surface area contributed by atoms with Crippen LogP contribution >= 0.6 is 22.9 Å². The smallest absolute Gasteiger partial charge is 0.493 e. The van der Waals surface area contributed by atoms with Crippen molar-refractivity contribution < 1.29 is 69.6 Å². The van der Waals surface area contributed by atoms with Crippen LogP contribution in [-0.4, -0.2) is 160 Å². The van der Waals surface area contributed by atoms with Gasteiger partial charge >= 0.3 is 18.4 Å². The maximum Gasteiger partial charge on any atom is 0.586 e. The lowest BCUT2D eigenvalue weighted by atomic mass is 9.85. The van der Waals surface area contributed by atoms with Crippen LogP contribution in [0.15, 0.2) is 83.3 Å². The molecule has 4 aliphatic rings. The highest BCUT2D eigenvalue weighted by atomic mass is 35.5. The van der Waals surface area contributed by atoms with E-state index < -0.39 is 80.9 Å². The van der Waals surface area contributed by atoms with Gasteiger partial charge in [0.25, 0.3) is 5.91 Å². The lowest BCUT2D eigenvalue weighted by molar-refractivity contribution is -0.287. The van der Waals surface area contributed by atoms with Crippen molar-refractivity contribution in [3.63, 3.8) is 0 Å². The van der Waals surface area contributed by atoms with E-state index in [0.29, 0.717) is 30.6 Å². The summed E-state index contributed by atoms with van der Waals surface area (Å²) in [5.74, 6) is -1.92. The van der Waals surface area contributed by atoms with Crippen LogP contribution in [0.3, 0.4) is 0 Å². The van der Waals surface area contributed by atoms with Gasteiger partial charge in [-0.2, -0.15) is 15.0 Å². The van der Waals surface area contributed by atoms with Crippen LogP contribution in [0.5, 0.6) is 23.3 Å². The highest BCUT2D eigenvalue weighted by molar-refractivity contribution is 7.90. The minimum Gasteiger partial charge on any atom is -0.493 e. The fourth-order valence-electron chi connectivity index (χ4n) is 10.7. The number of fused-ring (bicyclic) bond motifs is 1. The van der Waals surface area contributed by atoms with E-state index >= 15 is 0 Å². The first-order valence-corrected chi connectivity index (χ1v) is 33.5. The third-order valence-corrected chi connectivity index (χ3v) is 18.2. The fourth-order valence-corrected chi connectivity index (χ4v) is 12.4. The van der Waals surface area contributed by atoms with Gasteiger partial charge in [-0.05, 0) is 113 Å². The first-order chi connectivity index (χ1) is 43.9. The second kappa shape index (κ2) is 27.4. The summed E-state index contributed by atoms with van der Waals surface area (Å²) >= 11 is 8.20. The Morgan fingerprint density at radius 1 is 0.882 bits per heavy atom. The van der Waals surface area contributed by atoms with E-state index in [4.69, 9.17) is 40.3 Å². The number of carbonyl (C=O) groups excluding carboxylic acids is 4. The van der Waals surface area contributed by atoms with E-state index in [1.165, 1.54) is 58.8 Å². The first-order valence-electron chi connectivity index (χ1n) is 30.3. The molecule has 0 unspecified atom stereocenters. The molecule has 0 radical (unpaired) electrons. The number of ether oxygens (including phenoxy) is 5. The number of thiazole rings is 1. The van der Waals surface area contributed by atoms with Gasteiger partial charge in [-0.1, -0.05) is 56.6 Å². The molecule has 0 bridgehead atoms. The van der Waals surface area contributed by atoms with Crippen LogP contribution in [0.25, 0.3) is 10.4 Å². The molecule has 3 aromatic carbocycles. The molecule has 6 heterocycles. The Bertz CT molecular complexity index is 3880. The second-order valence-electron chi connectivity index (χ2n) is 25.3. The summed E-state index contributed by atoms with van der Waals surface area (Å²) < 4.78 is 98.5. The molecule has 3 aromatic heterocycles. The maximum absolute atomic E-state index is 14.8. The van der Waals surface area contributed by atoms with Gasteiger partial charge in [0.2, 0.25) is 23.7 Å². The van der Waals surface area contributed by atoms with Gasteiger partial charge in [0.15, 0.2) is 27.0 Å². The summed E-state index contributed by atoms with van der Waals surface area (Å²) in [6.45, 7) is 13.8. The molecule has 6 aromatic rings. The van der Waals surface area contributed by atoms with Crippen LogP contribution in [0.2, 0.25) is 5.02 Å². The number of nitrogens with one attached hydrogen (secondary N) is 4. The number of likely N-dealkylation sites (tertiary alicyclic amines) is 1. The number of carbonyl (C=O) groups is 4. The number of nitrogens with zero attached hydrogens (tertiary/aromatic N) is 8. The van der Waals surface area contributed by atoms with Crippen molar-refractivity contribution >= 4 is 79.9 Å². The zero-order chi connectivity index (χ0) is 66.8. The van der Waals surface area contributed by atoms with E-state index in [-0.39, 0.29) is 134 Å². The van der Waals surface area contributed by atoms with Crippen LogP contribution in [0.1, 0.15) is 109 Å². The average molecular weight is 1350 g/mol. The number of rotatable bonds is 23. The standard InChI is InChI=1S/C63H74ClF3N12O12S2/c1-36-51(92-35-70-36)37-17-18-38(33-69-53(81)45-31-39(80)34-79(45)54(82)52(60(2,3)4)73-55(83)62(65)21-22-62)47(30-37)87-28-10-9-11-29-88-58-75-56(74-57(76-58)77-24-26-78(27-25-77)59(84)91-61(5,6)7)72-44-32-40(93(8,85)86)19-20-43(44)71-48(49-42(64)15-13-23-68-49)41-14-12-16-46-50(41)90-63(66,67)89-46/h12-20,23,30,32,35,39,45,48,52,71,80H,9-11,21-22,24-29,31,33-34H2,1-8H3,(H,69,81)(H,73,83)(H,72,74,75,76)/t39-,45+,48+,52-/m1/s1. The molecule has 10 rings (SSSR count). The van der Waals surface area contributed by atoms with Crippen molar-refractivity contribution in [3.05, 3.63) is 106 Å². The van der Waals surface area contributed by atoms with Crippen LogP contribution in [0, 0.1) is 12.3 Å². The number of hydrogen-bond acceptors (Lipinski definition) is 21. The number of unbranched alkanes of at least 4 members (excludes halogenated alkanes) is 2. The number of para-hydroxylation sites is 1. The molecule has 4 amide bonds. The number of sulfone groups is 1. The number of hydrogen-bond donors (Lipinski definition) is 5. The molecule has 93 heavy (non-hydrogen) atoms. The highest BCUT2D eigenvalue weighted by Gasteiger charge is 2.54. The zero-order valence-electron chi connectivity index (χ0n) is 52.6. The van der Waals surface area contributed by atoms with Crippen molar-refractivity contribution in [1.82, 2.24) is 45.4 Å². The lowest BCUT2D eigenvalue weighted by Gasteiger charge is -2.35. The molecular weight excluding hydrogens is 1270 g/mol. The van der Waals surface area contributed by atoms with Gasteiger partial charge in [-0.3, -0.25) is 19.4 Å². The van der Waals surface area contributed by atoms with Gasteiger partial charge in [0, 0.05) is 69.3 Å². The Labute approximate surface area is 545 Å². The molecule has 498 valence electrons. The Balaban J connectivity index is 0.845. The summed E-state index contributed by atoms with van der Waals surface area (Å²) in [6.07, 6.45) is -1.22. The van der Waals surface area contributed by atoms with Gasteiger partial charge in [-0.25, -0.2) is 22.6 Å². The predicted molar refractivity (Wildman–Crippen MR) is 340 cm³/mol. The molecule has 30 heteroatoms. The minimum absolute atomic E-state index is 0.00158. The largest absolute Gasteiger partial charge is 0.586 e. The number of alkyl halides is 3. The number of aliphatic hydroxyl groups excluding tert-OH is 1. The van der Waals surface area contributed by atoms with Gasteiger partial charge < -0.3 is 64.8 Å². The SMILES string of the molecule is Cc1ncsc1-c1ccc(CNC(=O)[C@@H]2C[C@@H](O)CN2C(=O)[C@@H](NC(=O)C2(F)CC2)C(C)(C)C)c(OCCCCCOc2nc(Nc3cc(S(C)(=O)=O)ccc3N[C@@H](c3cccc4c3OC(F)(F)O4)c3ncccc3Cl)nc(N3CCN(C(=O)OC(C)(C)C)CC3)n2)c1. The molecule has 0 spiro atoms. The van der Waals surface area contributed by atoms with E-state index in [1.807, 2.05) is 30.0 Å². The molecule has 1 saturated carbocycles. The molecular formula is C63H74ClF3N12O12S2. The summed E-state index contributed by atoms with van der Waals surface area (Å²) in [4.78, 5) is 82.5. The number of halogens is 4. The van der Waals surface area contributed by atoms with Crippen molar-refractivity contribution in [2.45, 2.75) is 140 Å². The van der Waals surface area contributed by atoms with Gasteiger partial charge in [0.05, 0.1) is 68.4 Å². The second-order valence-corrected chi connectivity index (χ2v) is 28.6.